The fourth-order valence-corrected chi connectivity index (χ4v) is 2.44. The molecule has 0 N–H and O–H groups in total. The standard InChI is InChI=1S/C13H23N3O2/c1-3-17-13(18-4-2)12-10-16(15-14-12)11-8-6-5-7-9-11/h10-11,13H,3-9H2,1-2H3. The van der Waals surface area contributed by atoms with Gasteiger partial charge in [0.2, 0.25) is 6.29 Å². The fraction of sp³-hybridized carbons (Fsp3) is 0.846. The predicted molar refractivity (Wildman–Crippen MR) is 68.1 cm³/mol. The van der Waals surface area contributed by atoms with Gasteiger partial charge >= 0.3 is 0 Å². The maximum Gasteiger partial charge on any atom is 0.204 e. The van der Waals surface area contributed by atoms with Crippen molar-refractivity contribution in [1.29, 1.82) is 0 Å². The lowest BCUT2D eigenvalue weighted by Gasteiger charge is -2.21. The molecule has 18 heavy (non-hydrogen) atoms. The summed E-state index contributed by atoms with van der Waals surface area (Å²) >= 11 is 0. The van der Waals surface area contributed by atoms with Crippen LogP contribution >= 0.6 is 0 Å². The summed E-state index contributed by atoms with van der Waals surface area (Å²) in [6.45, 7) is 5.14. The first-order valence-electron chi connectivity index (χ1n) is 7.00. The first-order valence-corrected chi connectivity index (χ1v) is 7.00. The monoisotopic (exact) mass is 253 g/mol. The Bertz CT molecular complexity index is 342. The Hall–Kier alpha value is -0.940. The molecule has 5 heteroatoms. The third-order valence-corrected chi connectivity index (χ3v) is 3.35. The predicted octanol–water partition coefficient (Wildman–Crippen LogP) is 2.85. The average Bonchev–Trinajstić information content (AvgIpc) is 2.89. The van der Waals surface area contributed by atoms with Crippen LogP contribution in [0.2, 0.25) is 0 Å². The molecular formula is C13H23N3O2. The normalized spacial score (nSPS) is 17.5. The van der Waals surface area contributed by atoms with E-state index in [9.17, 15) is 0 Å². The summed E-state index contributed by atoms with van der Waals surface area (Å²) in [5.74, 6) is 0. The van der Waals surface area contributed by atoms with Gasteiger partial charge in [0, 0.05) is 13.2 Å². The molecule has 0 aromatic carbocycles. The second kappa shape index (κ2) is 6.85. The van der Waals surface area contributed by atoms with Crippen LogP contribution in [-0.4, -0.2) is 28.2 Å². The zero-order valence-corrected chi connectivity index (χ0v) is 11.3. The van der Waals surface area contributed by atoms with E-state index < -0.39 is 0 Å². The van der Waals surface area contributed by atoms with Crippen LogP contribution < -0.4 is 0 Å². The van der Waals surface area contributed by atoms with Crippen molar-refractivity contribution in [2.45, 2.75) is 58.3 Å². The summed E-state index contributed by atoms with van der Waals surface area (Å²) in [4.78, 5) is 0. The first-order chi connectivity index (χ1) is 8.85. The van der Waals surface area contributed by atoms with Gasteiger partial charge in [-0.25, -0.2) is 4.68 Å². The number of aromatic nitrogens is 3. The molecule has 0 unspecified atom stereocenters. The van der Waals surface area contributed by atoms with E-state index in [4.69, 9.17) is 9.47 Å². The van der Waals surface area contributed by atoms with Crippen molar-refractivity contribution in [1.82, 2.24) is 15.0 Å². The van der Waals surface area contributed by atoms with Crippen molar-refractivity contribution in [3.05, 3.63) is 11.9 Å². The number of hydrogen-bond acceptors (Lipinski definition) is 4. The molecular weight excluding hydrogens is 230 g/mol. The molecule has 5 nitrogen and oxygen atoms in total. The maximum absolute atomic E-state index is 5.53. The average molecular weight is 253 g/mol. The van der Waals surface area contributed by atoms with Crippen molar-refractivity contribution < 1.29 is 9.47 Å². The molecule has 1 aromatic rings. The largest absolute Gasteiger partial charge is 0.347 e. The summed E-state index contributed by atoms with van der Waals surface area (Å²) in [5.41, 5.74) is 0.782. The SMILES string of the molecule is CCOC(OCC)c1cn(C2CCCCC2)nn1. The zero-order chi connectivity index (χ0) is 12.8. The minimum atomic E-state index is -0.377. The Balaban J connectivity index is 2.02. The number of hydrogen-bond donors (Lipinski definition) is 0. The van der Waals surface area contributed by atoms with Crippen LogP contribution in [0.4, 0.5) is 0 Å². The summed E-state index contributed by atoms with van der Waals surface area (Å²) in [7, 11) is 0. The van der Waals surface area contributed by atoms with Gasteiger partial charge in [0.1, 0.15) is 5.69 Å². The van der Waals surface area contributed by atoms with Gasteiger partial charge < -0.3 is 9.47 Å². The number of rotatable bonds is 6. The van der Waals surface area contributed by atoms with Gasteiger partial charge in [-0.3, -0.25) is 0 Å². The molecule has 1 fully saturated rings. The molecule has 1 aromatic heterocycles. The molecule has 0 atom stereocenters. The van der Waals surface area contributed by atoms with E-state index in [-0.39, 0.29) is 6.29 Å². The van der Waals surface area contributed by atoms with Gasteiger partial charge in [0.15, 0.2) is 0 Å². The molecule has 102 valence electrons. The van der Waals surface area contributed by atoms with E-state index in [1.165, 1.54) is 32.1 Å². The molecule has 0 saturated heterocycles. The van der Waals surface area contributed by atoms with Gasteiger partial charge in [0.05, 0.1) is 12.2 Å². The van der Waals surface area contributed by atoms with E-state index in [0.717, 1.165) is 5.69 Å². The van der Waals surface area contributed by atoms with Crippen LogP contribution in [0.1, 0.15) is 64.0 Å². The molecule has 1 saturated carbocycles. The van der Waals surface area contributed by atoms with E-state index in [2.05, 4.69) is 10.3 Å². The third kappa shape index (κ3) is 3.29. The van der Waals surface area contributed by atoms with Gasteiger partial charge in [-0.05, 0) is 26.7 Å². The van der Waals surface area contributed by atoms with Crippen LogP contribution in [0.15, 0.2) is 6.20 Å². The van der Waals surface area contributed by atoms with Crippen LogP contribution in [0.25, 0.3) is 0 Å². The highest BCUT2D eigenvalue weighted by atomic mass is 16.7. The molecule has 1 aliphatic rings. The summed E-state index contributed by atoms with van der Waals surface area (Å²) in [6, 6.07) is 0.504. The highest BCUT2D eigenvalue weighted by molar-refractivity contribution is 4.96. The summed E-state index contributed by atoms with van der Waals surface area (Å²) in [6.07, 6.45) is 7.94. The fourth-order valence-electron chi connectivity index (χ4n) is 2.44. The molecule has 0 aliphatic heterocycles. The first kappa shape index (κ1) is 13.5. The van der Waals surface area contributed by atoms with Crippen molar-refractivity contribution in [3.8, 4) is 0 Å². The van der Waals surface area contributed by atoms with Gasteiger partial charge in [-0.15, -0.1) is 5.10 Å². The highest BCUT2D eigenvalue weighted by Gasteiger charge is 2.20. The van der Waals surface area contributed by atoms with E-state index in [1.54, 1.807) is 0 Å². The third-order valence-electron chi connectivity index (χ3n) is 3.35. The minimum Gasteiger partial charge on any atom is -0.347 e. The van der Waals surface area contributed by atoms with Crippen LogP contribution in [-0.2, 0) is 9.47 Å². The Morgan fingerprint density at radius 1 is 1.22 bits per heavy atom. The second-order valence-corrected chi connectivity index (χ2v) is 4.66. The van der Waals surface area contributed by atoms with Gasteiger partial charge in [-0.1, -0.05) is 24.5 Å². The lowest BCUT2D eigenvalue weighted by Crippen LogP contribution is -2.13. The lowest BCUT2D eigenvalue weighted by atomic mass is 9.96. The molecule has 2 rings (SSSR count). The van der Waals surface area contributed by atoms with Crippen LogP contribution in [0.5, 0.6) is 0 Å². The van der Waals surface area contributed by atoms with Crippen LogP contribution in [0.3, 0.4) is 0 Å². The summed E-state index contributed by atoms with van der Waals surface area (Å²) in [5, 5.41) is 8.42. The molecule has 1 aliphatic carbocycles. The smallest absolute Gasteiger partial charge is 0.204 e. The lowest BCUT2D eigenvalue weighted by molar-refractivity contribution is -0.142. The zero-order valence-electron chi connectivity index (χ0n) is 11.3. The highest BCUT2D eigenvalue weighted by Crippen LogP contribution is 2.28. The van der Waals surface area contributed by atoms with Gasteiger partial charge in [-0.2, -0.15) is 0 Å². The van der Waals surface area contributed by atoms with E-state index in [1.807, 2.05) is 24.7 Å². The van der Waals surface area contributed by atoms with Gasteiger partial charge in [0.25, 0.3) is 0 Å². The van der Waals surface area contributed by atoms with Crippen molar-refractivity contribution in [2.24, 2.45) is 0 Å². The quantitative estimate of drug-likeness (QED) is 0.731. The Morgan fingerprint density at radius 3 is 2.50 bits per heavy atom. The van der Waals surface area contributed by atoms with Crippen LogP contribution in [0, 0.1) is 0 Å². The minimum absolute atomic E-state index is 0.377. The summed E-state index contributed by atoms with van der Waals surface area (Å²) < 4.78 is 13.0. The molecule has 0 spiro atoms. The van der Waals surface area contributed by atoms with Crippen molar-refractivity contribution in [2.75, 3.05) is 13.2 Å². The van der Waals surface area contributed by atoms with E-state index >= 15 is 0 Å². The molecule has 0 amide bonds. The Kier molecular flexibility index (Phi) is 5.13. The number of nitrogens with zero attached hydrogens (tertiary/aromatic N) is 3. The Labute approximate surface area is 108 Å². The second-order valence-electron chi connectivity index (χ2n) is 4.66. The Morgan fingerprint density at radius 2 is 1.89 bits per heavy atom. The van der Waals surface area contributed by atoms with Crippen molar-refractivity contribution in [3.63, 3.8) is 0 Å². The maximum atomic E-state index is 5.53. The molecule has 0 bridgehead atoms. The molecule has 1 heterocycles. The van der Waals surface area contributed by atoms with E-state index in [0.29, 0.717) is 19.3 Å². The topological polar surface area (TPSA) is 49.2 Å². The van der Waals surface area contributed by atoms with Crippen molar-refractivity contribution >= 4 is 0 Å². The number of ether oxygens (including phenoxy) is 2. The molecule has 0 radical (unpaired) electrons.